The summed E-state index contributed by atoms with van der Waals surface area (Å²) in [5.74, 6) is 0.285. The summed E-state index contributed by atoms with van der Waals surface area (Å²) in [6.45, 7) is 7.14. The Balaban J connectivity index is 0.00000161. The van der Waals surface area contributed by atoms with Crippen molar-refractivity contribution in [3.8, 4) is 0 Å². The number of amides is 1. The summed E-state index contributed by atoms with van der Waals surface area (Å²) in [4.78, 5) is 14.8. The van der Waals surface area contributed by atoms with Gasteiger partial charge in [-0.15, -0.1) is 12.4 Å². The maximum Gasteiger partial charge on any atom is 0.240 e. The van der Waals surface area contributed by atoms with Crippen molar-refractivity contribution in [1.82, 2.24) is 10.2 Å². The molecule has 0 saturated carbocycles. The van der Waals surface area contributed by atoms with E-state index in [0.29, 0.717) is 0 Å². The van der Waals surface area contributed by atoms with Crippen molar-refractivity contribution in [2.24, 2.45) is 5.41 Å². The highest BCUT2D eigenvalue weighted by molar-refractivity contribution is 5.85. The fraction of sp³-hybridized carbons (Fsp3) is 0.588. The Morgan fingerprint density at radius 3 is 2.71 bits per heavy atom. The Bertz CT molecular complexity index is 515. The summed E-state index contributed by atoms with van der Waals surface area (Å²) >= 11 is 0. The number of nitrogens with one attached hydrogen (secondary N) is 1. The van der Waals surface area contributed by atoms with E-state index in [-0.39, 0.29) is 29.8 Å². The first-order chi connectivity index (χ1) is 9.55. The second-order valence-corrected chi connectivity index (χ2v) is 6.93. The van der Waals surface area contributed by atoms with Gasteiger partial charge in [0.15, 0.2) is 0 Å². The zero-order valence-electron chi connectivity index (χ0n) is 12.9. The minimum atomic E-state index is -0.0428. The lowest BCUT2D eigenvalue weighted by Crippen LogP contribution is -2.53. The summed E-state index contributed by atoms with van der Waals surface area (Å²) in [6, 6.07) is 8.38. The monoisotopic (exact) mass is 308 g/mol. The topological polar surface area (TPSA) is 32.3 Å². The van der Waals surface area contributed by atoms with Gasteiger partial charge in [-0.05, 0) is 35.8 Å². The van der Waals surface area contributed by atoms with Gasteiger partial charge in [0.05, 0.1) is 6.04 Å². The van der Waals surface area contributed by atoms with Crippen LogP contribution in [-0.2, 0) is 17.8 Å². The van der Waals surface area contributed by atoms with Crippen LogP contribution < -0.4 is 5.32 Å². The Morgan fingerprint density at radius 1 is 1.29 bits per heavy atom. The van der Waals surface area contributed by atoms with Crippen LogP contribution in [0.5, 0.6) is 0 Å². The third-order valence-corrected chi connectivity index (χ3v) is 4.59. The molecule has 1 amide bonds. The number of carbonyl (C=O) groups excluding carboxylic acids is 1. The Hall–Kier alpha value is -1.06. The van der Waals surface area contributed by atoms with Crippen LogP contribution in [0.4, 0.5) is 0 Å². The molecule has 1 atom stereocenters. The van der Waals surface area contributed by atoms with Crippen LogP contribution in [0.15, 0.2) is 24.3 Å². The molecule has 3 nitrogen and oxygen atoms in total. The Kier molecular flexibility index (Phi) is 4.95. The van der Waals surface area contributed by atoms with Gasteiger partial charge in [0.1, 0.15) is 0 Å². The molecule has 0 spiro atoms. The van der Waals surface area contributed by atoms with Crippen molar-refractivity contribution in [3.63, 3.8) is 0 Å². The van der Waals surface area contributed by atoms with Gasteiger partial charge in [-0.25, -0.2) is 0 Å². The van der Waals surface area contributed by atoms with Crippen LogP contribution in [0, 0.1) is 5.41 Å². The van der Waals surface area contributed by atoms with Crippen molar-refractivity contribution >= 4 is 18.3 Å². The van der Waals surface area contributed by atoms with Gasteiger partial charge in [-0.1, -0.05) is 38.1 Å². The van der Waals surface area contributed by atoms with Gasteiger partial charge in [-0.3, -0.25) is 4.79 Å². The molecule has 1 saturated heterocycles. The zero-order valence-corrected chi connectivity index (χ0v) is 13.7. The van der Waals surface area contributed by atoms with E-state index in [1.165, 1.54) is 17.5 Å². The number of fused-ring (bicyclic) bond motifs is 1. The molecule has 3 rings (SSSR count). The average Bonchev–Trinajstić information content (AvgIpc) is 2.45. The number of hydrogen-bond donors (Lipinski definition) is 1. The quantitative estimate of drug-likeness (QED) is 0.865. The number of benzene rings is 1. The minimum Gasteiger partial charge on any atom is -0.341 e. The molecule has 1 unspecified atom stereocenters. The van der Waals surface area contributed by atoms with Crippen LogP contribution in [0.2, 0.25) is 0 Å². The van der Waals surface area contributed by atoms with Gasteiger partial charge in [0.25, 0.3) is 0 Å². The normalized spacial score (nSPS) is 23.9. The van der Waals surface area contributed by atoms with Crippen molar-refractivity contribution in [2.75, 3.05) is 13.1 Å². The largest absolute Gasteiger partial charge is 0.341 e. The number of rotatable bonds is 1. The highest BCUT2D eigenvalue weighted by atomic mass is 35.5. The standard InChI is InChI=1S/C17H24N2O.ClH/c1-17(2)8-5-9-19(12-17)16(20)15-10-13-6-3-4-7-14(13)11-18-15;/h3-4,6-7,15,18H,5,8-12H2,1-2H3;1H. The van der Waals surface area contributed by atoms with E-state index in [1.807, 2.05) is 0 Å². The predicted molar refractivity (Wildman–Crippen MR) is 87.6 cm³/mol. The molecule has 2 heterocycles. The lowest BCUT2D eigenvalue weighted by molar-refractivity contribution is -0.136. The lowest BCUT2D eigenvalue weighted by Gasteiger charge is -2.40. The predicted octanol–water partition coefficient (Wildman–Crippen LogP) is 2.77. The van der Waals surface area contributed by atoms with Crippen LogP contribution in [0.3, 0.4) is 0 Å². The lowest BCUT2D eigenvalue weighted by atomic mass is 9.83. The molecule has 0 radical (unpaired) electrons. The summed E-state index contributed by atoms with van der Waals surface area (Å²) < 4.78 is 0. The number of halogens is 1. The van der Waals surface area contributed by atoms with Gasteiger partial charge < -0.3 is 10.2 Å². The van der Waals surface area contributed by atoms with Crippen LogP contribution in [-0.4, -0.2) is 29.9 Å². The highest BCUT2D eigenvalue weighted by Crippen LogP contribution is 2.29. The molecule has 1 N–H and O–H groups in total. The second-order valence-electron chi connectivity index (χ2n) is 6.93. The van der Waals surface area contributed by atoms with E-state index in [2.05, 4.69) is 48.3 Å². The molecule has 1 aromatic rings. The van der Waals surface area contributed by atoms with Crippen LogP contribution >= 0.6 is 12.4 Å². The first-order valence-corrected chi connectivity index (χ1v) is 7.64. The Morgan fingerprint density at radius 2 is 2.00 bits per heavy atom. The highest BCUT2D eigenvalue weighted by Gasteiger charge is 2.33. The van der Waals surface area contributed by atoms with E-state index in [0.717, 1.165) is 32.5 Å². The number of carbonyl (C=O) groups is 1. The number of nitrogens with zero attached hydrogens (tertiary/aromatic N) is 1. The third-order valence-electron chi connectivity index (χ3n) is 4.59. The zero-order chi connectivity index (χ0) is 14.2. The van der Waals surface area contributed by atoms with Crippen LogP contribution in [0.25, 0.3) is 0 Å². The summed E-state index contributed by atoms with van der Waals surface area (Å²) in [7, 11) is 0. The fourth-order valence-corrected chi connectivity index (χ4v) is 3.46. The summed E-state index contributed by atoms with van der Waals surface area (Å²) in [6.07, 6.45) is 3.17. The minimum absolute atomic E-state index is 0. The number of hydrogen-bond acceptors (Lipinski definition) is 2. The molecule has 2 aliphatic rings. The fourth-order valence-electron chi connectivity index (χ4n) is 3.46. The van der Waals surface area contributed by atoms with E-state index >= 15 is 0 Å². The first kappa shape index (κ1) is 16.3. The molecule has 2 aliphatic heterocycles. The maximum absolute atomic E-state index is 12.7. The van der Waals surface area contributed by atoms with Crippen molar-refractivity contribution in [3.05, 3.63) is 35.4 Å². The van der Waals surface area contributed by atoms with Gasteiger partial charge in [-0.2, -0.15) is 0 Å². The number of likely N-dealkylation sites (tertiary alicyclic amines) is 1. The Labute approximate surface area is 133 Å². The average molecular weight is 309 g/mol. The van der Waals surface area contributed by atoms with E-state index in [1.54, 1.807) is 0 Å². The van der Waals surface area contributed by atoms with Crippen molar-refractivity contribution in [2.45, 2.75) is 45.7 Å². The molecular formula is C17H25ClN2O. The second kappa shape index (κ2) is 6.37. The van der Waals surface area contributed by atoms with Gasteiger partial charge in [0.2, 0.25) is 5.91 Å². The molecule has 0 aromatic heterocycles. The first-order valence-electron chi connectivity index (χ1n) is 7.64. The molecule has 21 heavy (non-hydrogen) atoms. The molecule has 1 aromatic carbocycles. The number of piperidine rings is 1. The molecule has 1 fully saturated rings. The molecular weight excluding hydrogens is 284 g/mol. The molecule has 4 heteroatoms. The molecule has 0 bridgehead atoms. The third kappa shape index (κ3) is 3.58. The van der Waals surface area contributed by atoms with Crippen molar-refractivity contribution < 1.29 is 4.79 Å². The maximum atomic E-state index is 12.7. The van der Waals surface area contributed by atoms with Gasteiger partial charge >= 0.3 is 0 Å². The van der Waals surface area contributed by atoms with E-state index in [4.69, 9.17) is 0 Å². The molecule has 116 valence electrons. The molecule has 0 aliphatic carbocycles. The summed E-state index contributed by atoms with van der Waals surface area (Å²) in [5, 5.41) is 3.41. The van der Waals surface area contributed by atoms with Gasteiger partial charge in [0, 0.05) is 19.6 Å². The van der Waals surface area contributed by atoms with Crippen molar-refractivity contribution in [1.29, 1.82) is 0 Å². The summed E-state index contributed by atoms with van der Waals surface area (Å²) in [5.41, 5.74) is 2.91. The van der Waals surface area contributed by atoms with E-state index < -0.39 is 0 Å². The van der Waals surface area contributed by atoms with Crippen LogP contribution in [0.1, 0.15) is 37.8 Å². The SMILES string of the molecule is CC1(C)CCCN(C(=O)C2Cc3ccccc3CN2)C1.Cl. The van der Waals surface area contributed by atoms with E-state index in [9.17, 15) is 4.79 Å². The smallest absolute Gasteiger partial charge is 0.240 e.